The van der Waals surface area contributed by atoms with Crippen molar-refractivity contribution < 1.29 is 13.6 Å². The zero-order valence-corrected chi connectivity index (χ0v) is 19.1. The number of carbonyl (C=O) groups is 1. The van der Waals surface area contributed by atoms with Crippen LogP contribution in [0.3, 0.4) is 0 Å². The first-order valence-corrected chi connectivity index (χ1v) is 10.8. The number of carbonyl (C=O) groups excluding carboxylic acids is 1. The highest BCUT2D eigenvalue weighted by molar-refractivity contribution is 6.31. The molecule has 2 aliphatic rings. The highest BCUT2D eigenvalue weighted by Gasteiger charge is 2.43. The van der Waals surface area contributed by atoms with Crippen LogP contribution in [0.15, 0.2) is 42.6 Å². The van der Waals surface area contributed by atoms with E-state index in [4.69, 9.17) is 0 Å². The molecule has 1 saturated heterocycles. The van der Waals surface area contributed by atoms with Gasteiger partial charge in [0.25, 0.3) is 5.91 Å². The lowest BCUT2D eigenvalue weighted by Crippen LogP contribution is -2.61. The maximum Gasteiger partial charge on any atom is 0.257 e. The van der Waals surface area contributed by atoms with Crippen LogP contribution in [0.1, 0.15) is 46.1 Å². The minimum Gasteiger partial charge on any atom is -0.380 e. The van der Waals surface area contributed by atoms with E-state index in [1.54, 1.807) is 12.1 Å². The monoisotopic (exact) mass is 440 g/mol. The summed E-state index contributed by atoms with van der Waals surface area (Å²) in [6, 6.07) is 9.13. The largest absolute Gasteiger partial charge is 0.380 e. The van der Waals surface area contributed by atoms with E-state index in [0.29, 0.717) is 28.2 Å². The number of nitrogens with one attached hydrogen (secondary N) is 3. The third kappa shape index (κ3) is 4.21. The van der Waals surface area contributed by atoms with Crippen LogP contribution in [0, 0.1) is 11.6 Å². The van der Waals surface area contributed by atoms with Crippen molar-refractivity contribution in [1.29, 1.82) is 0 Å². The molecule has 2 aromatic carbocycles. The van der Waals surface area contributed by atoms with Crippen molar-refractivity contribution in [1.82, 2.24) is 4.90 Å². The van der Waals surface area contributed by atoms with E-state index in [2.05, 4.69) is 55.6 Å². The second kappa shape index (κ2) is 7.89. The normalized spacial score (nSPS) is 21.3. The number of anilines is 3. The number of likely N-dealkylation sites (tertiary alicyclic amines) is 1. The van der Waals surface area contributed by atoms with E-state index in [0.717, 1.165) is 12.8 Å². The lowest BCUT2D eigenvalue weighted by atomic mass is 9.77. The molecule has 2 aliphatic heterocycles. The van der Waals surface area contributed by atoms with Crippen molar-refractivity contribution >= 4 is 28.5 Å². The summed E-state index contributed by atoms with van der Waals surface area (Å²) in [5.74, 6) is -1.12. The summed E-state index contributed by atoms with van der Waals surface area (Å²) >= 11 is 0. The Morgan fingerprint density at radius 3 is 2.41 bits per heavy atom. The summed E-state index contributed by atoms with van der Waals surface area (Å²) in [7, 11) is 2.14. The van der Waals surface area contributed by atoms with E-state index in [9.17, 15) is 13.6 Å². The van der Waals surface area contributed by atoms with Crippen molar-refractivity contribution in [2.24, 2.45) is 0 Å². The molecule has 0 aliphatic carbocycles. The van der Waals surface area contributed by atoms with Gasteiger partial charge >= 0.3 is 0 Å². The van der Waals surface area contributed by atoms with Gasteiger partial charge in [-0.2, -0.15) is 0 Å². The molecule has 170 valence electrons. The third-order valence-electron chi connectivity index (χ3n) is 6.78. The number of piperidine rings is 1. The van der Waals surface area contributed by atoms with Crippen LogP contribution in [0.5, 0.6) is 0 Å². The van der Waals surface area contributed by atoms with Crippen molar-refractivity contribution in [3.8, 4) is 0 Å². The Morgan fingerprint density at radius 1 is 1.06 bits per heavy atom. The number of hydrogen-bond acceptors (Lipinski definition) is 4. The lowest BCUT2D eigenvalue weighted by Gasteiger charge is -2.53. The lowest BCUT2D eigenvalue weighted by molar-refractivity contribution is -0.110. The quantitative estimate of drug-likeness (QED) is 0.555. The maximum atomic E-state index is 14.9. The van der Waals surface area contributed by atoms with E-state index >= 15 is 0 Å². The highest BCUT2D eigenvalue weighted by Crippen LogP contribution is 2.38. The van der Waals surface area contributed by atoms with E-state index in [-0.39, 0.29) is 28.8 Å². The molecule has 0 aromatic heterocycles. The molecule has 1 fully saturated rings. The minimum absolute atomic E-state index is 0.00118. The second-order valence-corrected chi connectivity index (χ2v) is 9.97. The maximum absolute atomic E-state index is 14.9. The average molecular weight is 441 g/mol. The highest BCUT2D eigenvalue weighted by atomic mass is 19.1. The Balaban J connectivity index is 1.48. The fraction of sp³-hybridized carbons (Fsp3) is 0.400. The van der Waals surface area contributed by atoms with Crippen LogP contribution in [0.2, 0.25) is 0 Å². The van der Waals surface area contributed by atoms with Crippen LogP contribution in [0.25, 0.3) is 5.57 Å². The summed E-state index contributed by atoms with van der Waals surface area (Å²) in [6.07, 6.45) is 3.29. The van der Waals surface area contributed by atoms with Gasteiger partial charge in [-0.15, -0.1) is 0 Å². The molecule has 4 rings (SSSR count). The first-order valence-electron chi connectivity index (χ1n) is 10.8. The van der Waals surface area contributed by atoms with Gasteiger partial charge in [0.1, 0.15) is 11.6 Å². The molecule has 0 unspecified atom stereocenters. The fourth-order valence-electron chi connectivity index (χ4n) is 4.87. The van der Waals surface area contributed by atoms with Crippen molar-refractivity contribution in [3.05, 3.63) is 59.8 Å². The predicted octanol–water partition coefficient (Wildman–Crippen LogP) is 5.43. The Morgan fingerprint density at radius 2 is 1.75 bits per heavy atom. The van der Waals surface area contributed by atoms with Crippen LogP contribution < -0.4 is 16.0 Å². The molecule has 1 amide bonds. The zero-order valence-electron chi connectivity index (χ0n) is 19.1. The summed E-state index contributed by atoms with van der Waals surface area (Å²) in [6.45, 7) is 8.84. The summed E-state index contributed by atoms with van der Waals surface area (Å²) < 4.78 is 28.5. The molecule has 5 nitrogen and oxygen atoms in total. The van der Waals surface area contributed by atoms with Gasteiger partial charge in [-0.3, -0.25) is 9.69 Å². The third-order valence-corrected chi connectivity index (χ3v) is 6.78. The number of benzene rings is 2. The van der Waals surface area contributed by atoms with Crippen LogP contribution in [0.4, 0.5) is 25.8 Å². The Kier molecular flexibility index (Phi) is 5.49. The number of nitrogens with zero attached hydrogens (tertiary/aromatic N) is 1. The Labute approximate surface area is 187 Å². The Hall–Kier alpha value is -2.93. The molecule has 32 heavy (non-hydrogen) atoms. The average Bonchev–Trinajstić information content (AvgIpc) is 3.00. The van der Waals surface area contributed by atoms with Gasteiger partial charge in [-0.1, -0.05) is 0 Å². The smallest absolute Gasteiger partial charge is 0.257 e. The molecule has 3 N–H and O–H groups in total. The number of rotatable bonds is 4. The number of fused-ring (bicyclic) bond motifs is 1. The van der Waals surface area contributed by atoms with Crippen LogP contribution in [-0.2, 0) is 4.79 Å². The number of hydrogen-bond donors (Lipinski definition) is 3. The van der Waals surface area contributed by atoms with Crippen LogP contribution in [-0.4, -0.2) is 35.0 Å². The van der Waals surface area contributed by atoms with E-state index < -0.39 is 5.82 Å². The van der Waals surface area contributed by atoms with Crippen LogP contribution >= 0.6 is 0 Å². The molecule has 7 heteroatoms. The summed E-state index contributed by atoms with van der Waals surface area (Å²) in [5.41, 5.74) is 2.30. The Bertz CT molecular complexity index is 1080. The number of halogens is 2. The predicted molar refractivity (Wildman–Crippen MR) is 126 cm³/mol. The number of amides is 1. The standard InChI is InChI=1S/C25H30F2N4O/c1-24(2)12-17(13-25(3,4)31(24)5)29-22-9-7-16(11-20(22)27)28-14-19-18-10-15(26)6-8-21(18)30-23(19)32/h6-11,14,17,28-29H,12-13H2,1-5H3,(H,30,32)/b19-14-. The van der Waals surface area contributed by atoms with Gasteiger partial charge < -0.3 is 16.0 Å². The summed E-state index contributed by atoms with van der Waals surface area (Å²) in [4.78, 5) is 14.6. The van der Waals surface area contributed by atoms with Crippen molar-refractivity contribution in [2.75, 3.05) is 23.0 Å². The first kappa shape index (κ1) is 22.3. The molecule has 0 bridgehead atoms. The summed E-state index contributed by atoms with van der Waals surface area (Å²) in [5, 5.41) is 9.03. The van der Waals surface area contributed by atoms with E-state index in [1.807, 2.05) is 0 Å². The molecule has 2 aromatic rings. The second-order valence-electron chi connectivity index (χ2n) is 9.97. The molecule has 0 atom stereocenters. The van der Waals surface area contributed by atoms with E-state index in [1.165, 1.54) is 30.5 Å². The van der Waals surface area contributed by atoms with Gasteiger partial charge in [0, 0.05) is 40.3 Å². The topological polar surface area (TPSA) is 56.4 Å². The molecule has 2 heterocycles. The van der Waals surface area contributed by atoms with Gasteiger partial charge in [-0.05, 0) is 84.0 Å². The van der Waals surface area contributed by atoms with Gasteiger partial charge in [-0.25, -0.2) is 8.78 Å². The zero-order chi connectivity index (χ0) is 23.3. The molecular formula is C25H30F2N4O. The molecule has 0 saturated carbocycles. The van der Waals surface area contributed by atoms with Crippen molar-refractivity contribution in [2.45, 2.75) is 57.7 Å². The van der Waals surface area contributed by atoms with Gasteiger partial charge in [0.15, 0.2) is 0 Å². The van der Waals surface area contributed by atoms with Gasteiger partial charge in [0.2, 0.25) is 0 Å². The van der Waals surface area contributed by atoms with Crippen molar-refractivity contribution in [3.63, 3.8) is 0 Å². The fourth-order valence-corrected chi connectivity index (χ4v) is 4.87. The minimum atomic E-state index is -0.423. The van der Waals surface area contributed by atoms with Gasteiger partial charge in [0.05, 0.1) is 11.3 Å². The molecular weight excluding hydrogens is 410 g/mol. The molecule has 0 spiro atoms. The molecule has 0 radical (unpaired) electrons. The first-order chi connectivity index (χ1) is 15.0. The SMILES string of the molecule is CN1C(C)(C)CC(Nc2ccc(N/C=C3\C(=O)Nc4ccc(F)cc43)cc2F)CC1(C)C.